The van der Waals surface area contributed by atoms with E-state index in [0.29, 0.717) is 12.3 Å². The summed E-state index contributed by atoms with van der Waals surface area (Å²) in [6.45, 7) is 2.19. The van der Waals surface area contributed by atoms with E-state index in [-0.39, 0.29) is 24.6 Å². The molecule has 0 aromatic heterocycles. The van der Waals surface area contributed by atoms with Crippen LogP contribution in [0.5, 0.6) is 11.5 Å². The van der Waals surface area contributed by atoms with E-state index in [0.717, 1.165) is 0 Å². The number of nitrogens with zero attached hydrogens (tertiary/aromatic N) is 1. The number of aliphatic hydroxyl groups is 1. The number of amides is 2. The zero-order valence-electron chi connectivity index (χ0n) is 12.8. The highest BCUT2D eigenvalue weighted by Crippen LogP contribution is 2.31. The molecule has 0 saturated heterocycles. The molecular weight excluding hydrogens is 299 g/mol. The van der Waals surface area contributed by atoms with Crippen LogP contribution in [0.3, 0.4) is 0 Å². The molecule has 0 unspecified atom stereocenters. The monoisotopic (exact) mass is 318 g/mol. The summed E-state index contributed by atoms with van der Waals surface area (Å²) in [5, 5.41) is 11.5. The Bertz CT molecular complexity index is 650. The van der Waals surface area contributed by atoms with Crippen LogP contribution in [0, 0.1) is 5.82 Å². The third kappa shape index (κ3) is 4.43. The maximum Gasteiger partial charge on any atom is 0.322 e. The third-order valence-corrected chi connectivity index (χ3v) is 3.22. The number of aliphatic hydroxyl groups excluding tert-OH is 1. The Morgan fingerprint density at radius 1 is 1.22 bits per heavy atom. The number of hydrogen-bond acceptors (Lipinski definition) is 3. The van der Waals surface area contributed by atoms with Gasteiger partial charge in [0.1, 0.15) is 11.4 Å². The lowest BCUT2D eigenvalue weighted by atomic mass is 10.2. The van der Waals surface area contributed by atoms with Crippen LogP contribution in [0.2, 0.25) is 0 Å². The standard InChI is InChI=1S/C17H19FN2O3/c1-2-20(11-12-21)17(22)19-16-14(18)9-6-10-15(16)23-13-7-4-3-5-8-13/h3-10,21H,2,11-12H2,1H3,(H,19,22). The lowest BCUT2D eigenvalue weighted by Gasteiger charge is -2.21. The molecule has 23 heavy (non-hydrogen) atoms. The minimum absolute atomic E-state index is 0.0299. The lowest BCUT2D eigenvalue weighted by molar-refractivity contribution is 0.191. The van der Waals surface area contributed by atoms with Crippen LogP contribution in [-0.2, 0) is 0 Å². The molecule has 2 N–H and O–H groups in total. The van der Waals surface area contributed by atoms with Crippen LogP contribution in [0.15, 0.2) is 48.5 Å². The van der Waals surface area contributed by atoms with Crippen molar-refractivity contribution in [2.75, 3.05) is 25.0 Å². The van der Waals surface area contributed by atoms with Gasteiger partial charge in [0, 0.05) is 13.1 Å². The van der Waals surface area contributed by atoms with Gasteiger partial charge in [0.25, 0.3) is 0 Å². The van der Waals surface area contributed by atoms with Crippen molar-refractivity contribution < 1.29 is 19.0 Å². The van der Waals surface area contributed by atoms with E-state index in [9.17, 15) is 9.18 Å². The first-order chi connectivity index (χ1) is 11.2. The van der Waals surface area contributed by atoms with Gasteiger partial charge in [0.05, 0.1) is 6.61 Å². The number of anilines is 1. The van der Waals surface area contributed by atoms with Crippen LogP contribution >= 0.6 is 0 Å². The number of likely N-dealkylation sites (N-methyl/N-ethyl adjacent to an activating group) is 1. The first-order valence-electron chi connectivity index (χ1n) is 7.34. The fourth-order valence-corrected chi connectivity index (χ4v) is 2.04. The molecule has 2 amide bonds. The summed E-state index contributed by atoms with van der Waals surface area (Å²) in [6, 6.07) is 12.7. The van der Waals surface area contributed by atoms with Crippen LogP contribution < -0.4 is 10.1 Å². The van der Waals surface area contributed by atoms with Gasteiger partial charge in [-0.3, -0.25) is 0 Å². The van der Waals surface area contributed by atoms with Gasteiger partial charge in [-0.25, -0.2) is 9.18 Å². The first kappa shape index (κ1) is 16.8. The molecule has 0 saturated carbocycles. The van der Waals surface area contributed by atoms with E-state index in [1.807, 2.05) is 6.07 Å². The van der Waals surface area contributed by atoms with Gasteiger partial charge in [-0.05, 0) is 31.2 Å². The number of ether oxygens (including phenoxy) is 1. The summed E-state index contributed by atoms with van der Waals surface area (Å²) in [7, 11) is 0. The Morgan fingerprint density at radius 3 is 2.61 bits per heavy atom. The fraction of sp³-hybridized carbons (Fsp3) is 0.235. The minimum atomic E-state index is -0.591. The van der Waals surface area contributed by atoms with Crippen LogP contribution in [-0.4, -0.2) is 35.7 Å². The molecule has 0 heterocycles. The lowest BCUT2D eigenvalue weighted by Crippen LogP contribution is -2.37. The van der Waals surface area contributed by atoms with Gasteiger partial charge in [-0.2, -0.15) is 0 Å². The van der Waals surface area contributed by atoms with Crippen molar-refractivity contribution in [3.63, 3.8) is 0 Å². The number of halogens is 1. The summed E-state index contributed by atoms with van der Waals surface area (Å²) in [5.74, 6) is 0.160. The molecule has 5 nitrogen and oxygen atoms in total. The van der Waals surface area contributed by atoms with Gasteiger partial charge in [0.2, 0.25) is 0 Å². The Morgan fingerprint density at radius 2 is 1.96 bits per heavy atom. The molecule has 0 spiro atoms. The van der Waals surface area contributed by atoms with Gasteiger partial charge in [-0.15, -0.1) is 0 Å². The number of hydrogen-bond donors (Lipinski definition) is 2. The molecule has 0 bridgehead atoms. The normalized spacial score (nSPS) is 10.2. The average molecular weight is 318 g/mol. The number of benzene rings is 2. The number of carbonyl (C=O) groups is 1. The maximum atomic E-state index is 14.1. The van der Waals surface area contributed by atoms with E-state index >= 15 is 0 Å². The van der Waals surface area contributed by atoms with E-state index in [1.165, 1.54) is 17.0 Å². The highest BCUT2D eigenvalue weighted by Gasteiger charge is 2.17. The zero-order chi connectivity index (χ0) is 16.7. The molecule has 122 valence electrons. The van der Waals surface area contributed by atoms with Gasteiger partial charge in [-0.1, -0.05) is 24.3 Å². The highest BCUT2D eigenvalue weighted by molar-refractivity contribution is 5.91. The van der Waals surface area contributed by atoms with Crippen molar-refractivity contribution in [1.82, 2.24) is 4.90 Å². The quantitative estimate of drug-likeness (QED) is 0.857. The van der Waals surface area contributed by atoms with Crippen molar-refractivity contribution in [2.45, 2.75) is 6.92 Å². The molecular formula is C17H19FN2O3. The molecule has 2 aromatic rings. The second kappa shape index (κ2) is 8.14. The smallest absolute Gasteiger partial charge is 0.322 e. The Labute approximate surface area is 134 Å². The summed E-state index contributed by atoms with van der Waals surface area (Å²) in [6.07, 6.45) is 0. The first-order valence-corrected chi connectivity index (χ1v) is 7.34. The molecule has 2 rings (SSSR count). The van der Waals surface area contributed by atoms with Crippen molar-refractivity contribution in [1.29, 1.82) is 0 Å². The summed E-state index contributed by atoms with van der Waals surface area (Å²) >= 11 is 0. The largest absolute Gasteiger partial charge is 0.455 e. The Kier molecular flexibility index (Phi) is 5.94. The van der Waals surface area contributed by atoms with E-state index in [2.05, 4.69) is 5.32 Å². The predicted molar refractivity (Wildman–Crippen MR) is 86.3 cm³/mol. The van der Waals surface area contributed by atoms with Crippen LogP contribution in [0.25, 0.3) is 0 Å². The van der Waals surface area contributed by atoms with Crippen molar-refractivity contribution >= 4 is 11.7 Å². The topological polar surface area (TPSA) is 61.8 Å². The van der Waals surface area contributed by atoms with E-state index in [4.69, 9.17) is 9.84 Å². The molecule has 0 radical (unpaired) electrons. The second-order valence-corrected chi connectivity index (χ2v) is 4.76. The number of para-hydroxylation sites is 2. The molecule has 6 heteroatoms. The number of nitrogens with one attached hydrogen (secondary N) is 1. The molecule has 0 atom stereocenters. The van der Waals surface area contributed by atoms with Gasteiger partial charge >= 0.3 is 6.03 Å². The SMILES string of the molecule is CCN(CCO)C(=O)Nc1c(F)cccc1Oc1ccccc1. The minimum Gasteiger partial charge on any atom is -0.455 e. The summed E-state index contributed by atoms with van der Waals surface area (Å²) < 4.78 is 19.7. The van der Waals surface area contributed by atoms with Gasteiger partial charge in [0.15, 0.2) is 11.6 Å². The Hall–Kier alpha value is -2.60. The Balaban J connectivity index is 2.22. The van der Waals surface area contributed by atoms with Gasteiger partial charge < -0.3 is 20.1 Å². The second-order valence-electron chi connectivity index (χ2n) is 4.76. The summed E-state index contributed by atoms with van der Waals surface area (Å²) in [5.41, 5.74) is -0.0299. The third-order valence-electron chi connectivity index (χ3n) is 3.22. The molecule has 0 fully saturated rings. The fourth-order valence-electron chi connectivity index (χ4n) is 2.04. The predicted octanol–water partition coefficient (Wildman–Crippen LogP) is 3.46. The summed E-state index contributed by atoms with van der Waals surface area (Å²) in [4.78, 5) is 13.5. The molecule has 0 aliphatic rings. The number of urea groups is 1. The van der Waals surface area contributed by atoms with Crippen molar-refractivity contribution in [3.05, 3.63) is 54.3 Å². The molecule has 0 aliphatic carbocycles. The van der Waals surface area contributed by atoms with Crippen LogP contribution in [0.1, 0.15) is 6.92 Å². The van der Waals surface area contributed by atoms with E-state index < -0.39 is 11.8 Å². The molecule has 2 aromatic carbocycles. The highest BCUT2D eigenvalue weighted by atomic mass is 19.1. The number of carbonyl (C=O) groups excluding carboxylic acids is 1. The molecule has 0 aliphatic heterocycles. The van der Waals surface area contributed by atoms with Crippen molar-refractivity contribution in [2.24, 2.45) is 0 Å². The number of rotatable bonds is 6. The van der Waals surface area contributed by atoms with Crippen molar-refractivity contribution in [3.8, 4) is 11.5 Å². The maximum absolute atomic E-state index is 14.1. The van der Waals surface area contributed by atoms with E-state index in [1.54, 1.807) is 37.3 Å². The van der Waals surface area contributed by atoms with Crippen LogP contribution in [0.4, 0.5) is 14.9 Å². The zero-order valence-corrected chi connectivity index (χ0v) is 12.8. The average Bonchev–Trinajstić information content (AvgIpc) is 2.56.